The van der Waals surface area contributed by atoms with Crippen molar-refractivity contribution in [2.75, 3.05) is 18.4 Å². The summed E-state index contributed by atoms with van der Waals surface area (Å²) >= 11 is 6.38. The predicted octanol–water partition coefficient (Wildman–Crippen LogP) is 3.30. The highest BCUT2D eigenvalue weighted by Gasteiger charge is 2.57. The molecule has 0 radical (unpaired) electrons. The number of benzene rings is 1. The minimum Gasteiger partial charge on any atom is -0.495 e. The lowest BCUT2D eigenvalue weighted by Crippen LogP contribution is -2.25. The monoisotopic (exact) mass is 425 g/mol. The average Bonchev–Trinajstić information content (AvgIpc) is 3.15. The average molecular weight is 426 g/mol. The second-order valence-corrected chi connectivity index (χ2v) is 9.97. The molecule has 6 nitrogen and oxygen atoms in total. The molecule has 4 unspecified atom stereocenters. The van der Waals surface area contributed by atoms with E-state index in [1.165, 1.54) is 5.56 Å². The normalized spacial score (nSPS) is 28.8. The van der Waals surface area contributed by atoms with E-state index in [-0.39, 0.29) is 16.7 Å². The van der Waals surface area contributed by atoms with Crippen LogP contribution in [0.15, 0.2) is 47.9 Å². The first-order valence-corrected chi connectivity index (χ1v) is 11.3. The Kier molecular flexibility index (Phi) is 5.71. The van der Waals surface area contributed by atoms with Crippen molar-refractivity contribution in [2.45, 2.75) is 32.1 Å². The summed E-state index contributed by atoms with van der Waals surface area (Å²) in [6.07, 6.45) is 4.07. The molecule has 2 aliphatic rings. The maximum absolute atomic E-state index is 11.1. The molecule has 0 heterocycles. The zero-order valence-electron chi connectivity index (χ0n) is 16.6. The topological polar surface area (TPSA) is 93.4 Å². The van der Waals surface area contributed by atoms with Gasteiger partial charge in [0, 0.05) is 12.2 Å². The highest BCUT2D eigenvalue weighted by atomic mass is 35.5. The number of allylic oxidation sites excluding steroid dienone is 2. The summed E-state index contributed by atoms with van der Waals surface area (Å²) in [7, 11) is -2.09. The van der Waals surface area contributed by atoms with Gasteiger partial charge in [-0.2, -0.15) is 8.42 Å². The van der Waals surface area contributed by atoms with Crippen molar-refractivity contribution < 1.29 is 13.2 Å². The molecule has 0 saturated heterocycles. The van der Waals surface area contributed by atoms with E-state index in [1.807, 2.05) is 24.3 Å². The Bertz CT molecular complexity index is 894. The van der Waals surface area contributed by atoms with Gasteiger partial charge in [0.15, 0.2) is 0 Å². The van der Waals surface area contributed by atoms with Crippen LogP contribution in [0.25, 0.3) is 0 Å². The van der Waals surface area contributed by atoms with E-state index in [0.717, 1.165) is 18.0 Å². The van der Waals surface area contributed by atoms with Crippen molar-refractivity contribution in [3.05, 3.63) is 53.4 Å². The van der Waals surface area contributed by atoms with E-state index < -0.39 is 10.2 Å². The maximum Gasteiger partial charge on any atom is 0.296 e. The molecule has 28 heavy (non-hydrogen) atoms. The van der Waals surface area contributed by atoms with Gasteiger partial charge in [-0.15, -0.1) is 11.6 Å². The van der Waals surface area contributed by atoms with Crippen molar-refractivity contribution in [2.24, 2.45) is 22.4 Å². The third-order valence-electron chi connectivity index (χ3n) is 5.82. The molecule has 4 atom stereocenters. The van der Waals surface area contributed by atoms with Crippen LogP contribution in [0.2, 0.25) is 0 Å². The first-order chi connectivity index (χ1) is 13.0. The predicted molar refractivity (Wildman–Crippen MR) is 113 cm³/mol. The molecular formula is C20H28ClN3O3S. The number of nitrogens with one attached hydrogen (secondary N) is 2. The summed E-state index contributed by atoms with van der Waals surface area (Å²) in [4.78, 5) is 0. The van der Waals surface area contributed by atoms with E-state index >= 15 is 0 Å². The molecule has 1 saturated carbocycles. The second kappa shape index (κ2) is 7.61. The second-order valence-electron chi connectivity index (χ2n) is 8.17. The fourth-order valence-corrected chi connectivity index (χ4v) is 4.73. The molecule has 1 aromatic carbocycles. The van der Waals surface area contributed by atoms with Crippen LogP contribution in [-0.2, 0) is 14.9 Å². The van der Waals surface area contributed by atoms with Crippen LogP contribution in [0.1, 0.15) is 32.3 Å². The van der Waals surface area contributed by atoms with Crippen molar-refractivity contribution in [1.29, 1.82) is 0 Å². The molecule has 0 spiro atoms. The van der Waals surface area contributed by atoms with Gasteiger partial charge in [0.05, 0.1) is 18.2 Å². The molecule has 2 aliphatic carbocycles. The number of ether oxygens (including phenoxy) is 1. The molecule has 0 bridgehead atoms. The number of anilines is 1. The van der Waals surface area contributed by atoms with Gasteiger partial charge in [0.1, 0.15) is 5.76 Å². The number of hydrogen-bond donors (Lipinski definition) is 3. The Morgan fingerprint density at radius 1 is 1.21 bits per heavy atom. The van der Waals surface area contributed by atoms with E-state index in [4.69, 9.17) is 21.5 Å². The molecule has 4 N–H and O–H groups in total. The van der Waals surface area contributed by atoms with Gasteiger partial charge in [-0.3, -0.25) is 4.72 Å². The van der Waals surface area contributed by atoms with Crippen LogP contribution >= 0.6 is 11.6 Å². The third-order valence-corrected chi connectivity index (χ3v) is 6.86. The van der Waals surface area contributed by atoms with Gasteiger partial charge >= 0.3 is 0 Å². The van der Waals surface area contributed by atoms with Crippen molar-refractivity contribution in [1.82, 2.24) is 5.32 Å². The number of hydrogen-bond acceptors (Lipinski definition) is 4. The highest BCUT2D eigenvalue weighted by molar-refractivity contribution is 7.90. The van der Waals surface area contributed by atoms with Crippen LogP contribution in [0.4, 0.5) is 5.69 Å². The molecule has 154 valence electrons. The number of alkyl halides is 1. The maximum atomic E-state index is 11.1. The Labute approximate surface area is 172 Å². The molecule has 0 aromatic heterocycles. The van der Waals surface area contributed by atoms with E-state index in [9.17, 15) is 8.42 Å². The Morgan fingerprint density at radius 2 is 1.86 bits per heavy atom. The van der Waals surface area contributed by atoms with Crippen molar-refractivity contribution in [3.8, 4) is 0 Å². The fourth-order valence-electron chi connectivity index (χ4n) is 4.07. The van der Waals surface area contributed by atoms with Gasteiger partial charge < -0.3 is 10.1 Å². The van der Waals surface area contributed by atoms with Gasteiger partial charge in [-0.25, -0.2) is 5.14 Å². The minimum absolute atomic E-state index is 0.0525. The Morgan fingerprint density at radius 3 is 2.43 bits per heavy atom. The summed E-state index contributed by atoms with van der Waals surface area (Å²) in [5.41, 5.74) is 2.72. The van der Waals surface area contributed by atoms with Crippen LogP contribution in [0.3, 0.4) is 0 Å². The van der Waals surface area contributed by atoms with Crippen molar-refractivity contribution in [3.63, 3.8) is 0 Å². The summed E-state index contributed by atoms with van der Waals surface area (Å²) in [6, 6.07) is 7.40. The number of halogens is 1. The number of rotatable bonds is 7. The zero-order valence-corrected chi connectivity index (χ0v) is 18.1. The molecule has 3 rings (SSSR count). The highest BCUT2D eigenvalue weighted by Crippen LogP contribution is 2.64. The SMILES string of the molecule is COC1=CC(C)C(Cl)C=C1NCC1C(c2ccc(NS(N)(=O)=O)cc2)C1(C)C. The lowest BCUT2D eigenvalue weighted by Gasteiger charge is -2.23. The summed E-state index contributed by atoms with van der Waals surface area (Å²) in [5, 5.41) is 8.47. The fraction of sp³-hybridized carbons (Fsp3) is 0.500. The lowest BCUT2D eigenvalue weighted by molar-refractivity contribution is 0.288. The van der Waals surface area contributed by atoms with Gasteiger partial charge in [-0.1, -0.05) is 32.9 Å². The third kappa shape index (κ3) is 4.47. The molecule has 1 aromatic rings. The number of methoxy groups -OCH3 is 1. The summed E-state index contributed by atoms with van der Waals surface area (Å²) in [5.74, 6) is 1.89. The molecule has 1 fully saturated rings. The van der Waals surface area contributed by atoms with Gasteiger partial charge in [-0.05, 0) is 53.0 Å². The first-order valence-electron chi connectivity index (χ1n) is 9.29. The smallest absolute Gasteiger partial charge is 0.296 e. The zero-order chi connectivity index (χ0) is 20.7. The van der Waals surface area contributed by atoms with Gasteiger partial charge in [0.25, 0.3) is 10.2 Å². The van der Waals surface area contributed by atoms with Crippen LogP contribution in [0.5, 0.6) is 0 Å². The van der Waals surface area contributed by atoms with Crippen molar-refractivity contribution >= 4 is 27.5 Å². The minimum atomic E-state index is -3.76. The quantitative estimate of drug-likeness (QED) is 0.584. The van der Waals surface area contributed by atoms with Gasteiger partial charge in [0.2, 0.25) is 0 Å². The van der Waals surface area contributed by atoms with Crippen LogP contribution < -0.4 is 15.2 Å². The Balaban J connectivity index is 1.66. The summed E-state index contributed by atoms with van der Waals surface area (Å²) in [6.45, 7) is 7.36. The Hall–Kier alpha value is -1.70. The van der Waals surface area contributed by atoms with E-state index in [0.29, 0.717) is 17.5 Å². The largest absolute Gasteiger partial charge is 0.495 e. The summed E-state index contributed by atoms with van der Waals surface area (Å²) < 4.78 is 30.1. The number of nitrogens with two attached hydrogens (primary N) is 1. The molecule has 0 aliphatic heterocycles. The molecule has 8 heteroatoms. The van der Waals surface area contributed by atoms with E-state index in [1.54, 1.807) is 19.2 Å². The molecule has 0 amide bonds. The molecular weight excluding hydrogens is 398 g/mol. The van der Waals surface area contributed by atoms with Crippen LogP contribution in [0, 0.1) is 17.3 Å². The standard InChI is InChI=1S/C20H28ClN3O3S/c1-12-9-18(27-4)17(10-16(12)21)23-11-15-19(20(15,2)3)13-5-7-14(8-6-13)24-28(22,25)26/h5-10,12,15-16,19,23-24H,11H2,1-4H3,(H2,22,25,26). The van der Waals surface area contributed by atoms with E-state index in [2.05, 4.69) is 30.8 Å². The van der Waals surface area contributed by atoms with Crippen LogP contribution in [-0.4, -0.2) is 27.4 Å². The first kappa shape index (κ1) is 21.0. The lowest BCUT2D eigenvalue weighted by atomic mass is 9.99.